The summed E-state index contributed by atoms with van der Waals surface area (Å²) in [6.45, 7) is 3.62. The van der Waals surface area contributed by atoms with Crippen LogP contribution < -0.4 is 0 Å². The Morgan fingerprint density at radius 2 is 2.00 bits per heavy atom. The quantitative estimate of drug-likeness (QED) is 0.346. The fraction of sp³-hybridized carbons (Fsp3) is 0.714. The number of hydrogen-bond acceptors (Lipinski definition) is 1. The fourth-order valence-corrected chi connectivity index (χ4v) is 1.37. The second-order valence-corrected chi connectivity index (χ2v) is 6.39. The summed E-state index contributed by atoms with van der Waals surface area (Å²) in [6.07, 6.45) is 6.15. The summed E-state index contributed by atoms with van der Waals surface area (Å²) >= 11 is 0. The molecule has 0 spiro atoms. The molecule has 0 saturated heterocycles. The Labute approximate surface area is 64.7 Å². The van der Waals surface area contributed by atoms with Gasteiger partial charge in [-0.25, -0.2) is 0 Å². The molecular weight excluding hydrogens is 142 g/mol. The van der Waals surface area contributed by atoms with E-state index in [4.69, 9.17) is 7.85 Å². The monoisotopic (exact) mass is 156 g/mol. The van der Waals surface area contributed by atoms with Gasteiger partial charge in [-0.05, 0) is 19.8 Å². The van der Waals surface area contributed by atoms with Crippen LogP contribution in [0.5, 0.6) is 0 Å². The molecule has 1 nitrogen and oxygen atoms in total. The summed E-state index contributed by atoms with van der Waals surface area (Å²) in [7, 11) is 3.42. The molecule has 0 aliphatic rings. The predicted octanol–water partition coefficient (Wildman–Crippen LogP) is 2.14. The topological polar surface area (TPSA) is 17.1 Å². The van der Waals surface area contributed by atoms with Crippen molar-refractivity contribution in [2.75, 3.05) is 19.5 Å². The van der Waals surface area contributed by atoms with E-state index in [1.54, 1.807) is 0 Å². The Balaban J connectivity index is 3.38. The summed E-state index contributed by atoms with van der Waals surface area (Å²) in [6, 6.07) is 0. The molecule has 0 saturated carbocycles. The highest BCUT2D eigenvalue weighted by molar-refractivity contribution is 7.62. The molecule has 0 aromatic rings. The Morgan fingerprint density at radius 3 is 2.40 bits per heavy atom. The molecule has 0 atom stereocenters. The molecule has 0 bridgehead atoms. The zero-order valence-electron chi connectivity index (χ0n) is 6.71. The summed E-state index contributed by atoms with van der Waals surface area (Å²) < 4.78 is 11.1. The minimum absolute atomic E-state index is 0.581. The van der Waals surface area contributed by atoms with Crippen molar-refractivity contribution in [2.24, 2.45) is 0 Å². The summed E-state index contributed by atoms with van der Waals surface area (Å²) in [5.74, 6) is 0. The third-order valence-electron chi connectivity index (χ3n) is 1.14. The van der Waals surface area contributed by atoms with Gasteiger partial charge in [-0.15, -0.1) is 0 Å². The van der Waals surface area contributed by atoms with Crippen molar-refractivity contribution in [3.8, 4) is 0 Å². The Kier molecular flexibility index (Phi) is 4.81. The second-order valence-electron chi connectivity index (χ2n) is 2.79. The van der Waals surface area contributed by atoms with Crippen molar-refractivity contribution in [1.29, 1.82) is 0 Å². The minimum Gasteiger partial charge on any atom is -0.324 e. The van der Waals surface area contributed by atoms with Gasteiger partial charge < -0.3 is 4.57 Å². The fourth-order valence-electron chi connectivity index (χ4n) is 0.600. The van der Waals surface area contributed by atoms with Crippen LogP contribution in [0, 0.1) is 0 Å². The lowest BCUT2D eigenvalue weighted by atomic mass is 10.1. The van der Waals surface area contributed by atoms with Crippen molar-refractivity contribution < 1.29 is 4.57 Å². The highest BCUT2D eigenvalue weighted by Gasteiger charge is 2.03. The van der Waals surface area contributed by atoms with E-state index in [-0.39, 0.29) is 0 Å². The van der Waals surface area contributed by atoms with Crippen LogP contribution in [0.4, 0.5) is 0 Å². The molecule has 0 fully saturated rings. The molecule has 0 rings (SSSR count). The van der Waals surface area contributed by atoms with E-state index in [1.165, 1.54) is 0 Å². The van der Waals surface area contributed by atoms with E-state index in [0.717, 1.165) is 12.6 Å². The zero-order chi connectivity index (χ0) is 8.04. The molecule has 0 aromatic heterocycles. The van der Waals surface area contributed by atoms with Crippen molar-refractivity contribution in [3.05, 3.63) is 12.2 Å². The molecule has 0 N–H and O–H groups in total. The van der Waals surface area contributed by atoms with E-state index in [1.807, 2.05) is 25.5 Å². The zero-order valence-corrected chi connectivity index (χ0v) is 7.60. The molecule has 0 aliphatic heterocycles. The van der Waals surface area contributed by atoms with Crippen LogP contribution >= 0.6 is 7.14 Å². The Morgan fingerprint density at radius 1 is 1.40 bits per heavy atom. The molecule has 56 valence electrons. The summed E-state index contributed by atoms with van der Waals surface area (Å²) in [4.78, 5) is 0. The Bertz CT molecular complexity index is 148. The van der Waals surface area contributed by atoms with Crippen molar-refractivity contribution in [1.82, 2.24) is 0 Å². The first-order chi connectivity index (χ1) is 4.56. The first-order valence-corrected chi connectivity index (χ1v) is 6.24. The summed E-state index contributed by atoms with van der Waals surface area (Å²) in [5.41, 5.74) is 0. The molecule has 3 heteroatoms. The van der Waals surface area contributed by atoms with E-state index >= 15 is 0 Å². The molecule has 0 unspecified atom stereocenters. The SMILES string of the molecule is [B]C/C=C/CCP(C)(C)=O. The second kappa shape index (κ2) is 4.79. The molecule has 2 radical (unpaired) electrons. The normalized spacial score (nSPS) is 12.6. The van der Waals surface area contributed by atoms with Gasteiger partial charge in [0.15, 0.2) is 0 Å². The van der Waals surface area contributed by atoms with E-state index in [9.17, 15) is 4.57 Å². The van der Waals surface area contributed by atoms with E-state index in [2.05, 4.69) is 0 Å². The molecular formula is C7H14BOP. The molecule has 10 heavy (non-hydrogen) atoms. The number of allylic oxidation sites excluding steroid dienone is 2. The highest BCUT2D eigenvalue weighted by atomic mass is 31.2. The van der Waals surface area contributed by atoms with Gasteiger partial charge in [0.05, 0.1) is 15.0 Å². The third-order valence-corrected chi connectivity index (χ3v) is 2.47. The van der Waals surface area contributed by atoms with E-state index < -0.39 is 7.14 Å². The van der Waals surface area contributed by atoms with E-state index in [0.29, 0.717) is 6.32 Å². The lowest BCUT2D eigenvalue weighted by Crippen LogP contribution is -1.82. The van der Waals surface area contributed by atoms with Crippen molar-refractivity contribution in [2.45, 2.75) is 12.7 Å². The molecule has 0 amide bonds. The molecule has 0 heterocycles. The smallest absolute Gasteiger partial charge is 0.0822 e. The van der Waals surface area contributed by atoms with Crippen LogP contribution in [0.25, 0.3) is 0 Å². The predicted molar refractivity (Wildman–Crippen MR) is 48.6 cm³/mol. The highest BCUT2D eigenvalue weighted by Crippen LogP contribution is 2.36. The van der Waals surface area contributed by atoms with Crippen LogP contribution in [0.15, 0.2) is 12.2 Å². The minimum atomic E-state index is -1.80. The third kappa shape index (κ3) is 8.03. The van der Waals surface area contributed by atoms with Crippen molar-refractivity contribution >= 4 is 15.0 Å². The largest absolute Gasteiger partial charge is 0.324 e. The van der Waals surface area contributed by atoms with Gasteiger partial charge in [-0.1, -0.05) is 18.5 Å². The average molecular weight is 156 g/mol. The molecule has 0 aliphatic carbocycles. The van der Waals surface area contributed by atoms with Gasteiger partial charge in [0.25, 0.3) is 0 Å². The van der Waals surface area contributed by atoms with Crippen LogP contribution in [0.3, 0.4) is 0 Å². The van der Waals surface area contributed by atoms with Gasteiger partial charge in [0.1, 0.15) is 0 Å². The maximum atomic E-state index is 11.1. The van der Waals surface area contributed by atoms with Gasteiger partial charge in [0.2, 0.25) is 0 Å². The lowest BCUT2D eigenvalue weighted by molar-refractivity contribution is 0.582. The maximum Gasteiger partial charge on any atom is 0.0822 e. The van der Waals surface area contributed by atoms with Crippen LogP contribution in [0.2, 0.25) is 6.32 Å². The first kappa shape index (κ1) is 10.0. The Hall–Kier alpha value is 0.0349. The van der Waals surface area contributed by atoms with Gasteiger partial charge in [-0.3, -0.25) is 0 Å². The van der Waals surface area contributed by atoms with Gasteiger partial charge in [0, 0.05) is 6.16 Å². The van der Waals surface area contributed by atoms with Gasteiger partial charge in [-0.2, -0.15) is 0 Å². The number of rotatable bonds is 4. The van der Waals surface area contributed by atoms with Gasteiger partial charge >= 0.3 is 0 Å². The maximum absolute atomic E-state index is 11.1. The van der Waals surface area contributed by atoms with Crippen LogP contribution in [0.1, 0.15) is 6.42 Å². The first-order valence-electron chi connectivity index (χ1n) is 3.45. The standard InChI is InChI=1S/C7H14BOP/c1-10(2,9)7-5-3-4-6-8/h3-4H,5-7H2,1-2H3/b4-3+. The number of hydrogen-bond donors (Lipinski definition) is 0. The lowest BCUT2D eigenvalue weighted by Gasteiger charge is -2.01. The summed E-state index contributed by atoms with van der Waals surface area (Å²) in [5, 5.41) is 0. The molecule has 0 aromatic carbocycles. The van der Waals surface area contributed by atoms with Crippen LogP contribution in [-0.2, 0) is 4.57 Å². The van der Waals surface area contributed by atoms with Crippen molar-refractivity contribution in [3.63, 3.8) is 0 Å². The average Bonchev–Trinajstić information content (AvgIpc) is 1.78. The van der Waals surface area contributed by atoms with Crippen LogP contribution in [-0.4, -0.2) is 27.3 Å².